The highest BCUT2D eigenvalue weighted by Gasteiger charge is 2.35. The van der Waals surface area contributed by atoms with Gasteiger partial charge in [-0.05, 0) is 27.2 Å². The van der Waals surface area contributed by atoms with Crippen molar-refractivity contribution in [2.75, 3.05) is 13.1 Å². The van der Waals surface area contributed by atoms with E-state index in [1.165, 1.54) is 25.0 Å². The number of aryl methyl sites for hydroxylation is 1. The van der Waals surface area contributed by atoms with Gasteiger partial charge in [-0.15, -0.1) is 0 Å². The lowest BCUT2D eigenvalue weighted by Crippen LogP contribution is -2.50. The van der Waals surface area contributed by atoms with Crippen molar-refractivity contribution < 1.29 is 9.53 Å². The molecular formula is C16H27N3O2. The van der Waals surface area contributed by atoms with Gasteiger partial charge < -0.3 is 14.2 Å². The van der Waals surface area contributed by atoms with E-state index in [1.807, 2.05) is 33.3 Å². The SMILES string of the molecule is CCCCCn1cncc1C1CN(C(=O)OC(C)(C)C)C1. The Bertz CT molecular complexity index is 470. The number of nitrogens with zero attached hydrogens (tertiary/aromatic N) is 3. The summed E-state index contributed by atoms with van der Waals surface area (Å²) >= 11 is 0. The number of hydrogen-bond donors (Lipinski definition) is 0. The minimum absolute atomic E-state index is 0.212. The molecule has 0 radical (unpaired) electrons. The molecule has 0 atom stereocenters. The normalized spacial score (nSPS) is 15.9. The van der Waals surface area contributed by atoms with E-state index >= 15 is 0 Å². The number of imidazole rings is 1. The van der Waals surface area contributed by atoms with Crippen molar-refractivity contribution in [3.63, 3.8) is 0 Å². The maximum Gasteiger partial charge on any atom is 0.410 e. The van der Waals surface area contributed by atoms with E-state index in [4.69, 9.17) is 4.74 Å². The lowest BCUT2D eigenvalue weighted by atomic mass is 9.97. The molecule has 2 rings (SSSR count). The van der Waals surface area contributed by atoms with Gasteiger partial charge in [-0.2, -0.15) is 0 Å². The molecule has 1 aromatic rings. The minimum atomic E-state index is -0.426. The first-order valence-corrected chi connectivity index (χ1v) is 7.88. The second-order valence-corrected chi connectivity index (χ2v) is 6.80. The third-order valence-electron chi connectivity index (χ3n) is 3.70. The van der Waals surface area contributed by atoms with Crippen LogP contribution in [0.5, 0.6) is 0 Å². The van der Waals surface area contributed by atoms with Crippen molar-refractivity contribution in [2.45, 2.75) is 65.0 Å². The molecule has 21 heavy (non-hydrogen) atoms. The monoisotopic (exact) mass is 293 g/mol. The van der Waals surface area contributed by atoms with Crippen molar-refractivity contribution in [1.82, 2.24) is 14.5 Å². The smallest absolute Gasteiger partial charge is 0.410 e. The lowest BCUT2D eigenvalue weighted by Gasteiger charge is -2.39. The van der Waals surface area contributed by atoms with Crippen LogP contribution in [0.15, 0.2) is 12.5 Å². The summed E-state index contributed by atoms with van der Waals surface area (Å²) in [6.45, 7) is 10.4. The Labute approximate surface area is 127 Å². The Morgan fingerprint density at radius 2 is 2.10 bits per heavy atom. The van der Waals surface area contributed by atoms with Gasteiger partial charge in [-0.25, -0.2) is 9.78 Å². The zero-order valence-electron chi connectivity index (χ0n) is 13.6. The predicted octanol–water partition coefficient (Wildman–Crippen LogP) is 3.41. The van der Waals surface area contributed by atoms with E-state index < -0.39 is 5.60 Å². The average Bonchev–Trinajstić information content (AvgIpc) is 2.73. The fourth-order valence-corrected chi connectivity index (χ4v) is 2.53. The van der Waals surface area contributed by atoms with Crippen LogP contribution in [-0.2, 0) is 11.3 Å². The predicted molar refractivity (Wildman–Crippen MR) is 82.3 cm³/mol. The molecule has 0 saturated carbocycles. The quantitative estimate of drug-likeness (QED) is 0.782. The van der Waals surface area contributed by atoms with Gasteiger partial charge >= 0.3 is 6.09 Å². The second kappa shape index (κ2) is 6.50. The topological polar surface area (TPSA) is 47.4 Å². The molecule has 5 nitrogen and oxygen atoms in total. The molecule has 1 saturated heterocycles. The average molecular weight is 293 g/mol. The number of amides is 1. The Hall–Kier alpha value is -1.52. The van der Waals surface area contributed by atoms with Crippen LogP contribution in [0.1, 0.15) is 58.6 Å². The molecule has 0 unspecified atom stereocenters. The van der Waals surface area contributed by atoms with Crippen LogP contribution in [0.2, 0.25) is 0 Å². The van der Waals surface area contributed by atoms with E-state index in [2.05, 4.69) is 16.5 Å². The summed E-state index contributed by atoms with van der Waals surface area (Å²) in [6, 6.07) is 0. The number of rotatable bonds is 5. The van der Waals surface area contributed by atoms with Crippen LogP contribution in [0.4, 0.5) is 4.79 Å². The van der Waals surface area contributed by atoms with E-state index in [0.29, 0.717) is 5.92 Å². The van der Waals surface area contributed by atoms with E-state index in [9.17, 15) is 4.79 Å². The van der Waals surface area contributed by atoms with Crippen molar-refractivity contribution >= 4 is 6.09 Å². The number of aromatic nitrogens is 2. The highest BCUT2D eigenvalue weighted by molar-refractivity contribution is 5.69. The molecular weight excluding hydrogens is 266 g/mol. The molecule has 1 aromatic heterocycles. The van der Waals surface area contributed by atoms with Crippen LogP contribution in [0.25, 0.3) is 0 Å². The van der Waals surface area contributed by atoms with Crippen LogP contribution in [0, 0.1) is 0 Å². The van der Waals surface area contributed by atoms with Crippen LogP contribution in [0.3, 0.4) is 0 Å². The zero-order valence-corrected chi connectivity index (χ0v) is 13.6. The van der Waals surface area contributed by atoms with Crippen molar-refractivity contribution in [2.24, 2.45) is 0 Å². The van der Waals surface area contributed by atoms with Crippen LogP contribution < -0.4 is 0 Å². The number of carbonyl (C=O) groups is 1. The van der Waals surface area contributed by atoms with Crippen molar-refractivity contribution in [3.05, 3.63) is 18.2 Å². The summed E-state index contributed by atoms with van der Waals surface area (Å²) in [5.74, 6) is 0.390. The lowest BCUT2D eigenvalue weighted by molar-refractivity contribution is 0.00758. The highest BCUT2D eigenvalue weighted by atomic mass is 16.6. The molecule has 5 heteroatoms. The number of ether oxygens (including phenoxy) is 1. The molecule has 1 aliphatic heterocycles. The van der Waals surface area contributed by atoms with Gasteiger partial charge in [0, 0.05) is 37.4 Å². The first-order valence-electron chi connectivity index (χ1n) is 7.88. The summed E-state index contributed by atoms with van der Waals surface area (Å²) in [4.78, 5) is 18.0. The number of carbonyl (C=O) groups excluding carboxylic acids is 1. The van der Waals surface area contributed by atoms with Crippen molar-refractivity contribution in [1.29, 1.82) is 0 Å². The molecule has 118 valence electrons. The number of unbranched alkanes of at least 4 members (excludes halogenated alkanes) is 2. The molecule has 2 heterocycles. The summed E-state index contributed by atoms with van der Waals surface area (Å²) in [5, 5.41) is 0. The van der Waals surface area contributed by atoms with E-state index in [1.54, 1.807) is 4.90 Å². The largest absolute Gasteiger partial charge is 0.444 e. The molecule has 1 aliphatic rings. The van der Waals surface area contributed by atoms with Gasteiger partial charge in [-0.1, -0.05) is 19.8 Å². The fourth-order valence-electron chi connectivity index (χ4n) is 2.53. The number of hydrogen-bond acceptors (Lipinski definition) is 3. The van der Waals surface area contributed by atoms with Gasteiger partial charge in [-0.3, -0.25) is 0 Å². The molecule has 1 amide bonds. The zero-order chi connectivity index (χ0) is 15.5. The Kier molecular flexibility index (Phi) is 4.91. The molecule has 0 spiro atoms. The summed E-state index contributed by atoms with van der Waals surface area (Å²) in [5.41, 5.74) is 0.815. The third kappa shape index (κ3) is 4.22. The first kappa shape index (κ1) is 15.9. The third-order valence-corrected chi connectivity index (χ3v) is 3.70. The van der Waals surface area contributed by atoms with Gasteiger partial charge in [0.1, 0.15) is 5.60 Å². The highest BCUT2D eigenvalue weighted by Crippen LogP contribution is 2.28. The van der Waals surface area contributed by atoms with Gasteiger partial charge in [0.05, 0.1) is 6.33 Å². The standard InChI is InChI=1S/C16H27N3O2/c1-5-6-7-8-18-12-17-9-14(18)13-10-19(11-13)15(20)21-16(2,3)4/h9,12-13H,5-8,10-11H2,1-4H3. The minimum Gasteiger partial charge on any atom is -0.444 e. The van der Waals surface area contributed by atoms with E-state index in [0.717, 1.165) is 19.6 Å². The first-order chi connectivity index (χ1) is 9.90. The fraction of sp³-hybridized carbons (Fsp3) is 0.750. The number of likely N-dealkylation sites (tertiary alicyclic amines) is 1. The maximum atomic E-state index is 11.9. The second-order valence-electron chi connectivity index (χ2n) is 6.80. The molecule has 0 aliphatic carbocycles. The van der Waals surface area contributed by atoms with Crippen molar-refractivity contribution in [3.8, 4) is 0 Å². The molecule has 1 fully saturated rings. The summed E-state index contributed by atoms with van der Waals surface area (Å²) in [6.07, 6.45) is 7.27. The van der Waals surface area contributed by atoms with Crippen LogP contribution in [-0.4, -0.2) is 39.2 Å². The van der Waals surface area contributed by atoms with Gasteiger partial charge in [0.2, 0.25) is 0 Å². The Morgan fingerprint density at radius 3 is 2.71 bits per heavy atom. The van der Waals surface area contributed by atoms with Gasteiger partial charge in [0.25, 0.3) is 0 Å². The summed E-state index contributed by atoms with van der Waals surface area (Å²) in [7, 11) is 0. The van der Waals surface area contributed by atoms with Crippen LogP contribution >= 0.6 is 0 Å². The molecule has 0 N–H and O–H groups in total. The van der Waals surface area contributed by atoms with Gasteiger partial charge in [0.15, 0.2) is 0 Å². The molecule has 0 bridgehead atoms. The van der Waals surface area contributed by atoms with E-state index in [-0.39, 0.29) is 6.09 Å². The maximum absolute atomic E-state index is 11.9. The summed E-state index contributed by atoms with van der Waals surface area (Å²) < 4.78 is 7.61. The Morgan fingerprint density at radius 1 is 1.38 bits per heavy atom. The molecule has 0 aromatic carbocycles. The Balaban J connectivity index is 1.84.